The van der Waals surface area contributed by atoms with Crippen molar-refractivity contribution >= 4 is 0 Å². The highest BCUT2D eigenvalue weighted by molar-refractivity contribution is 5.11. The van der Waals surface area contributed by atoms with E-state index in [0.29, 0.717) is 5.92 Å². The molecule has 0 N–H and O–H groups in total. The fraction of sp³-hybridized carbons (Fsp3) is 0.471. The van der Waals surface area contributed by atoms with Crippen molar-refractivity contribution in [2.24, 2.45) is 5.92 Å². The van der Waals surface area contributed by atoms with Crippen molar-refractivity contribution in [1.82, 2.24) is 14.5 Å². The van der Waals surface area contributed by atoms with E-state index < -0.39 is 0 Å². The SMILES string of the molecule is COCCC1CN(Cc2cccnc2)Cc2cccn2C1. The molecule has 3 rings (SSSR count). The van der Waals surface area contributed by atoms with E-state index in [4.69, 9.17) is 4.74 Å². The molecule has 21 heavy (non-hydrogen) atoms. The van der Waals surface area contributed by atoms with E-state index in [2.05, 4.69) is 38.8 Å². The molecule has 2 aromatic heterocycles. The third kappa shape index (κ3) is 3.71. The topological polar surface area (TPSA) is 30.3 Å². The van der Waals surface area contributed by atoms with Crippen molar-refractivity contribution in [3.8, 4) is 0 Å². The molecule has 3 heterocycles. The fourth-order valence-electron chi connectivity index (χ4n) is 3.10. The molecule has 0 bridgehead atoms. The third-order valence-corrected chi connectivity index (χ3v) is 4.14. The maximum absolute atomic E-state index is 5.27. The highest BCUT2D eigenvalue weighted by Gasteiger charge is 2.21. The van der Waals surface area contributed by atoms with Crippen LogP contribution in [0.5, 0.6) is 0 Å². The fourth-order valence-corrected chi connectivity index (χ4v) is 3.10. The lowest BCUT2D eigenvalue weighted by atomic mass is 10.1. The Bertz CT molecular complexity index is 552. The Labute approximate surface area is 126 Å². The minimum atomic E-state index is 0.635. The molecule has 1 aliphatic rings. The summed E-state index contributed by atoms with van der Waals surface area (Å²) in [7, 11) is 1.78. The molecule has 0 radical (unpaired) electrons. The first-order valence-corrected chi connectivity index (χ1v) is 7.59. The van der Waals surface area contributed by atoms with Crippen molar-refractivity contribution in [3.05, 3.63) is 54.1 Å². The van der Waals surface area contributed by atoms with E-state index >= 15 is 0 Å². The van der Waals surface area contributed by atoms with E-state index in [1.54, 1.807) is 7.11 Å². The molecule has 0 amide bonds. The number of nitrogens with zero attached hydrogens (tertiary/aromatic N) is 3. The van der Waals surface area contributed by atoms with Gasteiger partial charge in [0.25, 0.3) is 0 Å². The smallest absolute Gasteiger partial charge is 0.0466 e. The van der Waals surface area contributed by atoms with Gasteiger partial charge >= 0.3 is 0 Å². The lowest BCUT2D eigenvalue weighted by molar-refractivity contribution is 0.151. The third-order valence-electron chi connectivity index (χ3n) is 4.14. The molecular weight excluding hydrogens is 262 g/mol. The van der Waals surface area contributed by atoms with Crippen LogP contribution in [0.15, 0.2) is 42.9 Å². The van der Waals surface area contributed by atoms with Crippen molar-refractivity contribution in [1.29, 1.82) is 0 Å². The molecule has 112 valence electrons. The van der Waals surface area contributed by atoms with Crippen LogP contribution in [0.25, 0.3) is 0 Å². The molecular formula is C17H23N3O. The second-order valence-electron chi connectivity index (χ2n) is 5.83. The zero-order valence-electron chi connectivity index (χ0n) is 12.6. The van der Waals surface area contributed by atoms with Gasteiger partial charge in [-0.3, -0.25) is 9.88 Å². The predicted molar refractivity (Wildman–Crippen MR) is 82.8 cm³/mol. The lowest BCUT2D eigenvalue weighted by Gasteiger charge is -2.23. The molecule has 4 nitrogen and oxygen atoms in total. The van der Waals surface area contributed by atoms with Crippen LogP contribution in [0.3, 0.4) is 0 Å². The van der Waals surface area contributed by atoms with E-state index in [9.17, 15) is 0 Å². The van der Waals surface area contributed by atoms with E-state index in [-0.39, 0.29) is 0 Å². The van der Waals surface area contributed by atoms with Gasteiger partial charge < -0.3 is 9.30 Å². The Hall–Kier alpha value is -1.65. The van der Waals surface area contributed by atoms with Gasteiger partial charge in [0.1, 0.15) is 0 Å². The van der Waals surface area contributed by atoms with Gasteiger partial charge in [0.15, 0.2) is 0 Å². The minimum absolute atomic E-state index is 0.635. The molecule has 0 fully saturated rings. The second-order valence-corrected chi connectivity index (χ2v) is 5.83. The normalized spacial score (nSPS) is 19.2. The number of ether oxygens (including phenoxy) is 1. The van der Waals surface area contributed by atoms with Crippen molar-refractivity contribution in [3.63, 3.8) is 0 Å². The highest BCUT2D eigenvalue weighted by atomic mass is 16.5. The van der Waals surface area contributed by atoms with Gasteiger partial charge in [-0.15, -0.1) is 0 Å². The van der Waals surface area contributed by atoms with Gasteiger partial charge in [0.2, 0.25) is 0 Å². The predicted octanol–water partition coefficient (Wildman–Crippen LogP) is 2.55. The lowest BCUT2D eigenvalue weighted by Crippen LogP contribution is -2.28. The van der Waals surface area contributed by atoms with Gasteiger partial charge in [-0.25, -0.2) is 0 Å². The maximum atomic E-state index is 5.27. The quantitative estimate of drug-likeness (QED) is 0.846. The van der Waals surface area contributed by atoms with Gasteiger partial charge in [-0.2, -0.15) is 0 Å². The summed E-state index contributed by atoms with van der Waals surface area (Å²) >= 11 is 0. The van der Waals surface area contributed by atoms with Gasteiger partial charge in [-0.05, 0) is 36.1 Å². The van der Waals surface area contributed by atoms with Crippen molar-refractivity contribution in [2.75, 3.05) is 20.3 Å². The highest BCUT2D eigenvalue weighted by Crippen LogP contribution is 2.21. The number of fused-ring (bicyclic) bond motifs is 1. The zero-order valence-corrected chi connectivity index (χ0v) is 12.6. The molecule has 4 heteroatoms. The van der Waals surface area contributed by atoms with E-state index in [0.717, 1.165) is 39.2 Å². The number of aromatic nitrogens is 2. The summed E-state index contributed by atoms with van der Waals surface area (Å²) in [6.45, 7) is 5.01. The number of methoxy groups -OCH3 is 1. The van der Waals surface area contributed by atoms with Crippen LogP contribution >= 0.6 is 0 Å². The molecule has 0 spiro atoms. The second kappa shape index (κ2) is 6.87. The van der Waals surface area contributed by atoms with Crippen LogP contribution in [0.2, 0.25) is 0 Å². The monoisotopic (exact) mass is 285 g/mol. The minimum Gasteiger partial charge on any atom is -0.385 e. The van der Waals surface area contributed by atoms with Crippen LogP contribution in [0.1, 0.15) is 17.7 Å². The number of pyridine rings is 1. The molecule has 1 atom stereocenters. The first-order valence-electron chi connectivity index (χ1n) is 7.59. The largest absolute Gasteiger partial charge is 0.385 e. The number of hydrogen-bond donors (Lipinski definition) is 0. The average molecular weight is 285 g/mol. The number of hydrogen-bond acceptors (Lipinski definition) is 3. The Morgan fingerprint density at radius 1 is 1.29 bits per heavy atom. The van der Waals surface area contributed by atoms with Crippen LogP contribution in [0.4, 0.5) is 0 Å². The average Bonchev–Trinajstić information content (AvgIpc) is 2.86. The molecule has 0 aliphatic carbocycles. The molecule has 2 aromatic rings. The first-order chi connectivity index (χ1) is 10.3. The van der Waals surface area contributed by atoms with Crippen LogP contribution in [-0.4, -0.2) is 34.7 Å². The van der Waals surface area contributed by atoms with Gasteiger partial charge in [0, 0.05) is 64.2 Å². The Morgan fingerprint density at radius 2 is 2.24 bits per heavy atom. The molecule has 0 aromatic carbocycles. The Balaban J connectivity index is 1.73. The van der Waals surface area contributed by atoms with Gasteiger partial charge in [0.05, 0.1) is 0 Å². The summed E-state index contributed by atoms with van der Waals surface area (Å²) in [4.78, 5) is 6.75. The summed E-state index contributed by atoms with van der Waals surface area (Å²) in [5, 5.41) is 0. The molecule has 1 aliphatic heterocycles. The van der Waals surface area contributed by atoms with Crippen molar-refractivity contribution in [2.45, 2.75) is 26.1 Å². The van der Waals surface area contributed by atoms with Crippen LogP contribution < -0.4 is 0 Å². The summed E-state index contributed by atoms with van der Waals surface area (Å²) in [5.41, 5.74) is 2.68. The van der Waals surface area contributed by atoms with Crippen LogP contribution in [-0.2, 0) is 24.4 Å². The molecule has 0 saturated carbocycles. The Morgan fingerprint density at radius 3 is 3.05 bits per heavy atom. The first kappa shape index (κ1) is 14.3. The van der Waals surface area contributed by atoms with E-state index in [1.165, 1.54) is 11.3 Å². The Kier molecular flexibility index (Phi) is 4.68. The summed E-state index contributed by atoms with van der Waals surface area (Å²) < 4.78 is 7.66. The summed E-state index contributed by atoms with van der Waals surface area (Å²) in [6, 6.07) is 8.55. The van der Waals surface area contributed by atoms with Gasteiger partial charge in [-0.1, -0.05) is 6.07 Å². The van der Waals surface area contributed by atoms with Crippen LogP contribution in [0, 0.1) is 5.92 Å². The maximum Gasteiger partial charge on any atom is 0.0466 e. The van der Waals surface area contributed by atoms with Crippen molar-refractivity contribution < 1.29 is 4.74 Å². The molecule has 1 unspecified atom stereocenters. The summed E-state index contributed by atoms with van der Waals surface area (Å²) in [5.74, 6) is 0.635. The number of rotatable bonds is 5. The standard InChI is InChI=1S/C17H23N3O/c1-21-9-6-16-12-19(11-15-4-2-7-18-10-15)14-17-5-3-8-20(17)13-16/h2-5,7-8,10,16H,6,9,11-14H2,1H3. The zero-order chi connectivity index (χ0) is 14.5. The summed E-state index contributed by atoms with van der Waals surface area (Å²) in [6.07, 6.45) is 7.10. The molecule has 0 saturated heterocycles. The van der Waals surface area contributed by atoms with E-state index in [1.807, 2.05) is 18.5 Å².